The number of amides is 1. The summed E-state index contributed by atoms with van der Waals surface area (Å²) < 4.78 is 6.77. The van der Waals surface area contributed by atoms with E-state index in [0.29, 0.717) is 37.5 Å². The topological polar surface area (TPSA) is 51.5 Å². The van der Waals surface area contributed by atoms with Gasteiger partial charge in [0.15, 0.2) is 0 Å². The van der Waals surface area contributed by atoms with Gasteiger partial charge in [0.05, 0.1) is 12.2 Å². The fourth-order valence-electron chi connectivity index (χ4n) is 2.40. The van der Waals surface area contributed by atoms with Crippen molar-refractivity contribution in [1.29, 1.82) is 0 Å². The number of nitrogens with zero attached hydrogens (tertiary/aromatic N) is 2. The van der Waals surface area contributed by atoms with Crippen LogP contribution in [0.3, 0.4) is 0 Å². The van der Waals surface area contributed by atoms with Gasteiger partial charge in [-0.3, -0.25) is 4.79 Å². The fraction of sp³-hybridized carbons (Fsp3) is 0.294. The van der Waals surface area contributed by atoms with E-state index < -0.39 is 5.97 Å². The molecule has 0 N–H and O–H groups in total. The van der Waals surface area contributed by atoms with Crippen molar-refractivity contribution in [1.82, 2.24) is 9.47 Å². The summed E-state index contributed by atoms with van der Waals surface area (Å²) in [6, 6.07) is 1.59. The van der Waals surface area contributed by atoms with Crippen LogP contribution in [-0.2, 0) is 11.3 Å². The quantitative estimate of drug-likeness (QED) is 0.599. The largest absolute Gasteiger partial charge is 0.462 e. The molecule has 0 unspecified atom stereocenters. The van der Waals surface area contributed by atoms with Gasteiger partial charge in [-0.2, -0.15) is 0 Å². The number of hydrogen-bond donors (Lipinski definition) is 0. The third-order valence-electron chi connectivity index (χ3n) is 3.49. The Hall–Kier alpha value is -2.56. The molecular weight excluding hydrogens is 280 g/mol. The molecule has 0 aliphatic carbocycles. The summed E-state index contributed by atoms with van der Waals surface area (Å²) in [6.07, 6.45) is 6.90. The summed E-state index contributed by atoms with van der Waals surface area (Å²) in [5.74, 6) is -0.499. The van der Waals surface area contributed by atoms with Gasteiger partial charge in [-0.1, -0.05) is 31.4 Å². The zero-order valence-corrected chi connectivity index (χ0v) is 12.7. The highest BCUT2D eigenvalue weighted by atomic mass is 16.5. The molecule has 0 atom stereocenters. The van der Waals surface area contributed by atoms with E-state index in [-0.39, 0.29) is 5.91 Å². The summed E-state index contributed by atoms with van der Waals surface area (Å²) in [6.45, 7) is 11.2. The van der Waals surface area contributed by atoms with Crippen molar-refractivity contribution >= 4 is 11.9 Å². The summed E-state index contributed by atoms with van der Waals surface area (Å²) in [7, 11) is 0. The number of ether oxygens (including phenoxy) is 1. The zero-order valence-electron chi connectivity index (χ0n) is 12.7. The van der Waals surface area contributed by atoms with Gasteiger partial charge in [0.2, 0.25) is 0 Å². The number of hydrogen-bond acceptors (Lipinski definition) is 3. The number of fused-ring (bicyclic) bond motifs is 1. The molecule has 0 bridgehead atoms. The van der Waals surface area contributed by atoms with Crippen molar-refractivity contribution in [3.8, 4) is 0 Å². The van der Waals surface area contributed by atoms with Gasteiger partial charge in [0, 0.05) is 25.8 Å². The predicted octanol–water partition coefficient (Wildman–Crippen LogP) is 2.42. The average Bonchev–Trinajstić information content (AvgIpc) is 2.94. The van der Waals surface area contributed by atoms with Gasteiger partial charge in [-0.25, -0.2) is 4.79 Å². The molecule has 0 aromatic carbocycles. The van der Waals surface area contributed by atoms with Crippen LogP contribution in [-0.4, -0.2) is 41.0 Å². The van der Waals surface area contributed by atoms with E-state index in [1.165, 1.54) is 0 Å². The monoisotopic (exact) mass is 300 g/mol. The van der Waals surface area contributed by atoms with E-state index in [1.807, 2.05) is 6.08 Å². The lowest BCUT2D eigenvalue weighted by molar-refractivity contribution is 0.0526. The minimum Gasteiger partial charge on any atom is -0.462 e. The van der Waals surface area contributed by atoms with Crippen LogP contribution in [0.15, 0.2) is 49.2 Å². The van der Waals surface area contributed by atoms with E-state index in [1.54, 1.807) is 40.8 Å². The van der Waals surface area contributed by atoms with Crippen LogP contribution in [0, 0.1) is 0 Å². The van der Waals surface area contributed by atoms with E-state index in [9.17, 15) is 9.59 Å². The summed E-state index contributed by atoms with van der Waals surface area (Å²) in [5, 5.41) is 0. The third kappa shape index (κ3) is 3.19. The molecule has 0 fully saturated rings. The van der Waals surface area contributed by atoms with Crippen molar-refractivity contribution in [3.63, 3.8) is 0 Å². The van der Waals surface area contributed by atoms with Crippen molar-refractivity contribution in [3.05, 3.63) is 60.5 Å². The Balaban J connectivity index is 2.19. The highest BCUT2D eigenvalue weighted by molar-refractivity contribution is 5.98. The highest BCUT2D eigenvalue weighted by Crippen LogP contribution is 2.18. The van der Waals surface area contributed by atoms with Crippen LogP contribution >= 0.6 is 0 Å². The Bertz CT molecular complexity index is 640. The highest BCUT2D eigenvalue weighted by Gasteiger charge is 2.26. The number of esters is 1. The van der Waals surface area contributed by atoms with Gasteiger partial charge in [0.1, 0.15) is 5.69 Å². The molecular formula is C17H20N2O3. The molecule has 0 saturated carbocycles. The minimum absolute atomic E-state index is 0.0985. The second-order valence-electron chi connectivity index (χ2n) is 4.94. The molecule has 1 aromatic rings. The molecule has 1 aromatic heterocycles. The number of rotatable bonds is 6. The Labute approximate surface area is 130 Å². The van der Waals surface area contributed by atoms with Crippen LogP contribution in [0.4, 0.5) is 0 Å². The maximum Gasteiger partial charge on any atom is 0.339 e. The molecule has 1 aliphatic rings. The molecule has 1 amide bonds. The van der Waals surface area contributed by atoms with E-state index in [0.717, 1.165) is 5.57 Å². The zero-order chi connectivity index (χ0) is 16.1. The molecule has 5 heteroatoms. The molecule has 2 heterocycles. The number of allylic oxidation sites excluding steroid dienone is 2. The average molecular weight is 300 g/mol. The van der Waals surface area contributed by atoms with Crippen molar-refractivity contribution in [2.24, 2.45) is 0 Å². The molecule has 1 aliphatic heterocycles. The van der Waals surface area contributed by atoms with Crippen LogP contribution < -0.4 is 0 Å². The van der Waals surface area contributed by atoms with Gasteiger partial charge < -0.3 is 14.2 Å². The number of carbonyl (C=O) groups excluding carboxylic acids is 2. The molecule has 0 radical (unpaired) electrons. The maximum atomic E-state index is 12.5. The molecule has 22 heavy (non-hydrogen) atoms. The van der Waals surface area contributed by atoms with Crippen LogP contribution in [0.2, 0.25) is 0 Å². The summed E-state index contributed by atoms with van der Waals surface area (Å²) >= 11 is 0. The second-order valence-corrected chi connectivity index (χ2v) is 4.94. The van der Waals surface area contributed by atoms with Gasteiger partial charge in [-0.15, -0.1) is 0 Å². The van der Waals surface area contributed by atoms with Crippen LogP contribution in [0.5, 0.6) is 0 Å². The summed E-state index contributed by atoms with van der Waals surface area (Å²) in [4.78, 5) is 26.0. The normalized spacial score (nSPS) is 14.5. The first-order valence-electron chi connectivity index (χ1n) is 7.21. The van der Waals surface area contributed by atoms with Crippen molar-refractivity contribution in [2.75, 3.05) is 19.7 Å². The first-order valence-corrected chi connectivity index (χ1v) is 7.21. The molecule has 0 saturated heterocycles. The lowest BCUT2D eigenvalue weighted by Crippen LogP contribution is -2.40. The van der Waals surface area contributed by atoms with Crippen LogP contribution in [0.25, 0.3) is 0 Å². The Morgan fingerprint density at radius 2 is 2.18 bits per heavy atom. The van der Waals surface area contributed by atoms with Gasteiger partial charge in [0.25, 0.3) is 5.91 Å². The molecule has 116 valence electrons. The second kappa shape index (κ2) is 6.93. The minimum atomic E-state index is -0.401. The molecule has 0 spiro atoms. The number of carbonyl (C=O) groups is 2. The molecule has 5 nitrogen and oxygen atoms in total. The van der Waals surface area contributed by atoms with Crippen LogP contribution in [0.1, 0.15) is 27.8 Å². The van der Waals surface area contributed by atoms with Crippen molar-refractivity contribution < 1.29 is 14.3 Å². The Kier molecular flexibility index (Phi) is 4.99. The lowest BCUT2D eigenvalue weighted by atomic mass is 10.2. The summed E-state index contributed by atoms with van der Waals surface area (Å²) in [5.41, 5.74) is 1.85. The van der Waals surface area contributed by atoms with E-state index >= 15 is 0 Å². The SMILES string of the molecule is C=CC=C(C=C)CN1CCn2cc(C(=O)OCC)cc2C1=O. The number of aromatic nitrogens is 1. The van der Waals surface area contributed by atoms with Gasteiger partial charge in [-0.05, 0) is 18.6 Å². The maximum absolute atomic E-state index is 12.5. The van der Waals surface area contributed by atoms with Crippen molar-refractivity contribution in [2.45, 2.75) is 13.5 Å². The predicted molar refractivity (Wildman–Crippen MR) is 84.8 cm³/mol. The molecule has 2 rings (SSSR count). The Morgan fingerprint density at radius 3 is 2.82 bits per heavy atom. The van der Waals surface area contributed by atoms with Gasteiger partial charge >= 0.3 is 5.97 Å². The van der Waals surface area contributed by atoms with E-state index in [4.69, 9.17) is 4.74 Å². The lowest BCUT2D eigenvalue weighted by Gasteiger charge is -2.28. The first kappa shape index (κ1) is 15.8. The first-order chi connectivity index (χ1) is 10.6. The standard InChI is InChI=1S/C17H20N2O3/c1-4-7-13(5-2)11-19-9-8-18-12-14(17(21)22-6-3)10-15(18)16(19)20/h4-5,7,10,12H,1-2,6,8-9,11H2,3H3. The third-order valence-corrected chi connectivity index (χ3v) is 3.49. The smallest absolute Gasteiger partial charge is 0.339 e. The Morgan fingerprint density at radius 1 is 1.41 bits per heavy atom. The van der Waals surface area contributed by atoms with E-state index in [2.05, 4.69) is 13.2 Å². The fourth-order valence-corrected chi connectivity index (χ4v) is 2.40.